The molecular weight excluding hydrogens is 231 g/mol. The molecule has 3 N–H and O–H groups in total. The van der Waals surface area contributed by atoms with Crippen LogP contribution in [0.4, 0.5) is 4.39 Å². The van der Waals surface area contributed by atoms with Crippen LogP contribution in [0.5, 0.6) is 0 Å². The van der Waals surface area contributed by atoms with E-state index < -0.39 is 0 Å². The Kier molecular flexibility index (Phi) is 5.28. The number of benzene rings is 1. The molecule has 100 valence electrons. The summed E-state index contributed by atoms with van der Waals surface area (Å²) in [5.41, 5.74) is 7.05. The Morgan fingerprint density at radius 1 is 1.44 bits per heavy atom. The summed E-state index contributed by atoms with van der Waals surface area (Å²) in [5, 5.41) is 2.84. The Bertz CT molecular complexity index is 418. The first kappa shape index (κ1) is 14.6. The van der Waals surface area contributed by atoms with Crippen molar-refractivity contribution in [1.82, 2.24) is 5.32 Å². The SMILES string of the molecule is Cc1cc(CNC(=O)C(CN)C(C)C)ccc1F. The predicted molar refractivity (Wildman–Crippen MR) is 70.4 cm³/mol. The molecule has 0 aromatic heterocycles. The summed E-state index contributed by atoms with van der Waals surface area (Å²) in [6.45, 7) is 6.39. The van der Waals surface area contributed by atoms with Crippen molar-refractivity contribution < 1.29 is 9.18 Å². The minimum absolute atomic E-state index is 0.0468. The van der Waals surface area contributed by atoms with Crippen LogP contribution in [0.3, 0.4) is 0 Å². The van der Waals surface area contributed by atoms with Crippen LogP contribution in [-0.4, -0.2) is 12.5 Å². The molecule has 3 nitrogen and oxygen atoms in total. The number of nitrogens with two attached hydrogens (primary N) is 1. The van der Waals surface area contributed by atoms with E-state index in [0.29, 0.717) is 18.7 Å². The fourth-order valence-electron chi connectivity index (χ4n) is 1.82. The Morgan fingerprint density at radius 2 is 2.11 bits per heavy atom. The van der Waals surface area contributed by atoms with Gasteiger partial charge in [-0.3, -0.25) is 4.79 Å². The molecule has 18 heavy (non-hydrogen) atoms. The molecule has 0 saturated heterocycles. The summed E-state index contributed by atoms with van der Waals surface area (Å²) in [5.74, 6) is -0.238. The quantitative estimate of drug-likeness (QED) is 0.842. The van der Waals surface area contributed by atoms with Crippen molar-refractivity contribution in [2.45, 2.75) is 27.3 Å². The Balaban J connectivity index is 2.59. The highest BCUT2D eigenvalue weighted by atomic mass is 19.1. The van der Waals surface area contributed by atoms with Crippen LogP contribution >= 0.6 is 0 Å². The van der Waals surface area contributed by atoms with Crippen LogP contribution in [0.1, 0.15) is 25.0 Å². The Labute approximate surface area is 108 Å². The van der Waals surface area contributed by atoms with Crippen LogP contribution in [0.2, 0.25) is 0 Å². The first-order valence-corrected chi connectivity index (χ1v) is 6.18. The molecule has 1 aromatic carbocycles. The summed E-state index contributed by atoms with van der Waals surface area (Å²) in [6.07, 6.45) is 0. The monoisotopic (exact) mass is 252 g/mol. The number of carbonyl (C=O) groups is 1. The molecule has 1 aromatic rings. The van der Waals surface area contributed by atoms with Gasteiger partial charge in [0, 0.05) is 13.1 Å². The molecule has 0 fully saturated rings. The molecule has 0 aliphatic carbocycles. The van der Waals surface area contributed by atoms with E-state index in [2.05, 4.69) is 5.32 Å². The maximum Gasteiger partial charge on any atom is 0.224 e. The van der Waals surface area contributed by atoms with Gasteiger partial charge in [-0.2, -0.15) is 0 Å². The van der Waals surface area contributed by atoms with Crippen LogP contribution in [0.15, 0.2) is 18.2 Å². The standard InChI is InChI=1S/C14H21FN2O/c1-9(2)12(7-16)14(18)17-8-11-4-5-13(15)10(3)6-11/h4-6,9,12H,7-8,16H2,1-3H3,(H,17,18). The second kappa shape index (κ2) is 6.50. The van der Waals surface area contributed by atoms with Gasteiger partial charge in [0.1, 0.15) is 5.82 Å². The smallest absolute Gasteiger partial charge is 0.224 e. The lowest BCUT2D eigenvalue weighted by molar-refractivity contribution is -0.126. The zero-order chi connectivity index (χ0) is 13.7. The highest BCUT2D eigenvalue weighted by Crippen LogP contribution is 2.11. The van der Waals surface area contributed by atoms with E-state index in [4.69, 9.17) is 5.73 Å². The third-order valence-electron chi connectivity index (χ3n) is 3.08. The first-order chi connectivity index (χ1) is 8.45. The minimum Gasteiger partial charge on any atom is -0.352 e. The molecule has 1 unspecified atom stereocenters. The lowest BCUT2D eigenvalue weighted by Gasteiger charge is -2.18. The van der Waals surface area contributed by atoms with Gasteiger partial charge in [0.05, 0.1) is 5.92 Å². The lowest BCUT2D eigenvalue weighted by atomic mass is 9.95. The summed E-state index contributed by atoms with van der Waals surface area (Å²) in [6, 6.07) is 4.83. The fourth-order valence-corrected chi connectivity index (χ4v) is 1.82. The van der Waals surface area contributed by atoms with E-state index in [1.807, 2.05) is 13.8 Å². The number of rotatable bonds is 5. The number of amides is 1. The fraction of sp³-hybridized carbons (Fsp3) is 0.500. The van der Waals surface area contributed by atoms with Crippen molar-refractivity contribution in [3.63, 3.8) is 0 Å². The molecule has 0 heterocycles. The predicted octanol–water partition coefficient (Wildman–Crippen LogP) is 1.98. The molecule has 0 aliphatic heterocycles. The highest BCUT2D eigenvalue weighted by Gasteiger charge is 2.19. The summed E-state index contributed by atoms with van der Waals surface area (Å²) >= 11 is 0. The summed E-state index contributed by atoms with van der Waals surface area (Å²) < 4.78 is 13.1. The molecule has 4 heteroatoms. The summed E-state index contributed by atoms with van der Waals surface area (Å²) in [7, 11) is 0. The molecule has 0 spiro atoms. The minimum atomic E-state index is -0.230. The largest absolute Gasteiger partial charge is 0.352 e. The normalized spacial score (nSPS) is 12.6. The lowest BCUT2D eigenvalue weighted by Crippen LogP contribution is -2.37. The zero-order valence-corrected chi connectivity index (χ0v) is 11.2. The van der Waals surface area contributed by atoms with Crippen molar-refractivity contribution in [2.75, 3.05) is 6.54 Å². The summed E-state index contributed by atoms with van der Waals surface area (Å²) in [4.78, 5) is 11.9. The van der Waals surface area contributed by atoms with Crippen LogP contribution in [0, 0.1) is 24.6 Å². The van der Waals surface area contributed by atoms with Gasteiger partial charge in [0.25, 0.3) is 0 Å². The number of aryl methyl sites for hydroxylation is 1. The maximum absolute atomic E-state index is 13.1. The molecule has 0 radical (unpaired) electrons. The van der Waals surface area contributed by atoms with E-state index in [0.717, 1.165) is 5.56 Å². The van der Waals surface area contributed by atoms with Crippen molar-refractivity contribution in [2.24, 2.45) is 17.6 Å². The average molecular weight is 252 g/mol. The van der Waals surface area contributed by atoms with Crippen LogP contribution in [-0.2, 0) is 11.3 Å². The van der Waals surface area contributed by atoms with E-state index in [-0.39, 0.29) is 23.6 Å². The van der Waals surface area contributed by atoms with Gasteiger partial charge in [-0.25, -0.2) is 4.39 Å². The van der Waals surface area contributed by atoms with Gasteiger partial charge in [-0.05, 0) is 30.0 Å². The van der Waals surface area contributed by atoms with Gasteiger partial charge in [-0.1, -0.05) is 26.0 Å². The molecule has 0 bridgehead atoms. The molecule has 0 saturated carbocycles. The van der Waals surface area contributed by atoms with Gasteiger partial charge >= 0.3 is 0 Å². The van der Waals surface area contributed by atoms with Crippen LogP contribution < -0.4 is 11.1 Å². The topological polar surface area (TPSA) is 55.1 Å². The van der Waals surface area contributed by atoms with Crippen molar-refractivity contribution in [3.05, 3.63) is 35.1 Å². The van der Waals surface area contributed by atoms with Crippen molar-refractivity contribution in [3.8, 4) is 0 Å². The van der Waals surface area contributed by atoms with Gasteiger partial charge in [-0.15, -0.1) is 0 Å². The molecule has 1 atom stereocenters. The molecule has 1 amide bonds. The van der Waals surface area contributed by atoms with Crippen molar-refractivity contribution >= 4 is 5.91 Å². The van der Waals surface area contributed by atoms with Gasteiger partial charge < -0.3 is 11.1 Å². The molecule has 1 rings (SSSR count). The van der Waals surface area contributed by atoms with E-state index in [1.54, 1.807) is 19.1 Å². The van der Waals surface area contributed by atoms with Gasteiger partial charge in [0.2, 0.25) is 5.91 Å². The second-order valence-electron chi connectivity index (χ2n) is 4.89. The number of halogens is 1. The third-order valence-corrected chi connectivity index (χ3v) is 3.08. The van der Waals surface area contributed by atoms with Gasteiger partial charge in [0.15, 0.2) is 0 Å². The molecular formula is C14H21FN2O. The van der Waals surface area contributed by atoms with E-state index in [9.17, 15) is 9.18 Å². The Hall–Kier alpha value is -1.42. The van der Waals surface area contributed by atoms with E-state index in [1.165, 1.54) is 6.07 Å². The molecule has 0 aliphatic rings. The first-order valence-electron chi connectivity index (χ1n) is 6.18. The number of hydrogen-bond donors (Lipinski definition) is 2. The number of carbonyl (C=O) groups excluding carboxylic acids is 1. The highest BCUT2D eigenvalue weighted by molar-refractivity contribution is 5.79. The Morgan fingerprint density at radius 3 is 2.61 bits per heavy atom. The van der Waals surface area contributed by atoms with Crippen molar-refractivity contribution in [1.29, 1.82) is 0 Å². The number of nitrogens with one attached hydrogen (secondary N) is 1. The van der Waals surface area contributed by atoms with Crippen LogP contribution in [0.25, 0.3) is 0 Å². The second-order valence-corrected chi connectivity index (χ2v) is 4.89. The number of hydrogen-bond acceptors (Lipinski definition) is 2. The zero-order valence-electron chi connectivity index (χ0n) is 11.2. The third kappa shape index (κ3) is 3.81. The maximum atomic E-state index is 13.1. The van der Waals surface area contributed by atoms with E-state index >= 15 is 0 Å². The average Bonchev–Trinajstić information content (AvgIpc) is 2.31.